The van der Waals surface area contributed by atoms with Crippen LogP contribution < -0.4 is 33.3 Å². The van der Waals surface area contributed by atoms with Gasteiger partial charge in [-0.25, -0.2) is 5.01 Å². The van der Waals surface area contributed by atoms with Crippen molar-refractivity contribution in [2.24, 2.45) is 44.3 Å². The van der Waals surface area contributed by atoms with Crippen molar-refractivity contribution in [3.8, 4) is 0 Å². The first-order valence-corrected chi connectivity index (χ1v) is 17.0. The van der Waals surface area contributed by atoms with Crippen molar-refractivity contribution in [1.82, 2.24) is 21.1 Å². The van der Waals surface area contributed by atoms with Crippen molar-refractivity contribution in [2.75, 3.05) is 46.3 Å². The second-order valence-corrected chi connectivity index (χ2v) is 17.7. The molecular formula is C34H70N8O5. The van der Waals surface area contributed by atoms with Gasteiger partial charge in [0.25, 0.3) is 0 Å². The molecule has 0 aliphatic carbocycles. The average molecular weight is 671 g/mol. The number of nitrogens with one attached hydrogen (secondary N) is 3. The minimum Gasteiger partial charge on any atom is -0.356 e. The Bertz CT molecular complexity index is 976. The maximum atomic E-state index is 13.0. The molecule has 3 amide bonds. The van der Waals surface area contributed by atoms with Crippen LogP contribution >= 0.6 is 0 Å². The molecule has 47 heavy (non-hydrogen) atoms. The molecule has 0 saturated heterocycles. The van der Waals surface area contributed by atoms with Gasteiger partial charge in [-0.05, 0) is 59.6 Å². The Morgan fingerprint density at radius 2 is 0.957 bits per heavy atom. The molecule has 0 unspecified atom stereocenters. The smallest absolute Gasteiger partial charge is 0.234 e. The number of carbonyl (C=O) groups excluding carboxylic acids is 3. The van der Waals surface area contributed by atoms with E-state index in [1.807, 2.05) is 41.5 Å². The van der Waals surface area contributed by atoms with Gasteiger partial charge in [0, 0.05) is 70.1 Å². The molecule has 9 N–H and O–H groups in total. The van der Waals surface area contributed by atoms with Crippen molar-refractivity contribution >= 4 is 17.7 Å². The Kier molecular flexibility index (Phi) is 17.5. The van der Waals surface area contributed by atoms with Crippen LogP contribution in [0.15, 0.2) is 0 Å². The monoisotopic (exact) mass is 671 g/mol. The summed E-state index contributed by atoms with van der Waals surface area (Å²) in [6.45, 7) is 23.2. The van der Waals surface area contributed by atoms with Crippen LogP contribution in [0.25, 0.3) is 0 Å². The van der Waals surface area contributed by atoms with Gasteiger partial charge in [0.15, 0.2) is 0 Å². The van der Waals surface area contributed by atoms with Crippen molar-refractivity contribution < 1.29 is 19.3 Å². The molecule has 0 aromatic rings. The van der Waals surface area contributed by atoms with E-state index in [0.29, 0.717) is 39.3 Å². The zero-order valence-electron chi connectivity index (χ0n) is 31.6. The summed E-state index contributed by atoms with van der Waals surface area (Å²) in [6.07, 6.45) is 0.904. The first-order chi connectivity index (χ1) is 21.2. The summed E-state index contributed by atoms with van der Waals surface area (Å²) in [6, 6.07) is 0. The summed E-state index contributed by atoms with van der Waals surface area (Å²) >= 11 is 0. The van der Waals surface area contributed by atoms with E-state index >= 15 is 0 Å². The summed E-state index contributed by atoms with van der Waals surface area (Å²) in [5.41, 5.74) is 17.9. The highest BCUT2D eigenvalue weighted by atomic mass is 16.6. The first-order valence-electron chi connectivity index (χ1n) is 17.0. The molecule has 0 heterocycles. The maximum Gasteiger partial charge on any atom is 0.234 e. The van der Waals surface area contributed by atoms with E-state index in [-0.39, 0.29) is 83.3 Å². The highest BCUT2D eigenvalue weighted by Crippen LogP contribution is 2.34. The number of hydrogen-bond donors (Lipinski definition) is 6. The Balaban J connectivity index is 5.71. The molecule has 13 heteroatoms. The molecule has 0 aliphatic rings. The number of rotatable bonds is 24. The molecule has 0 saturated carbocycles. The largest absolute Gasteiger partial charge is 0.356 e. The van der Waals surface area contributed by atoms with Gasteiger partial charge in [0.05, 0.1) is 0 Å². The van der Waals surface area contributed by atoms with Crippen LogP contribution in [-0.2, 0) is 14.4 Å². The van der Waals surface area contributed by atoms with E-state index in [4.69, 9.17) is 17.2 Å². The normalized spacial score (nSPS) is 13.4. The third-order valence-corrected chi connectivity index (χ3v) is 8.92. The Labute approximate surface area is 284 Å². The fourth-order valence-corrected chi connectivity index (χ4v) is 6.42. The number of hydrazine groups is 1. The summed E-state index contributed by atoms with van der Waals surface area (Å²) in [7, 11) is 1.72. The minimum absolute atomic E-state index is 0.0971. The Morgan fingerprint density at radius 1 is 0.617 bits per heavy atom. The molecular weight excluding hydrogens is 600 g/mol. The number of nitro groups is 1. The van der Waals surface area contributed by atoms with Crippen LogP contribution in [-0.4, -0.2) is 79.5 Å². The molecule has 0 aliphatic heterocycles. The second kappa shape index (κ2) is 18.4. The molecule has 0 spiro atoms. The Hall–Kier alpha value is -2.35. The number of nitrogens with two attached hydrogens (primary N) is 3. The molecule has 0 radical (unpaired) electrons. The third-order valence-electron chi connectivity index (χ3n) is 8.92. The van der Waals surface area contributed by atoms with Crippen LogP contribution in [0.1, 0.15) is 121 Å². The van der Waals surface area contributed by atoms with Gasteiger partial charge in [0.1, 0.15) is 0 Å². The first kappa shape index (κ1) is 44.6. The number of nitrogens with zero attached hydrogens (tertiary/aromatic N) is 2. The minimum atomic E-state index is -1.64. The third kappa shape index (κ3) is 18.7. The van der Waals surface area contributed by atoms with Crippen LogP contribution in [0.4, 0.5) is 0 Å². The molecule has 0 rings (SSSR count). The molecule has 0 atom stereocenters. The van der Waals surface area contributed by atoms with Crippen molar-refractivity contribution in [1.29, 1.82) is 0 Å². The topological polar surface area (TPSA) is 212 Å². The van der Waals surface area contributed by atoms with Gasteiger partial charge in [-0.3, -0.25) is 29.9 Å². The van der Waals surface area contributed by atoms with Crippen LogP contribution in [0.3, 0.4) is 0 Å². The van der Waals surface area contributed by atoms with Crippen molar-refractivity contribution in [3.05, 3.63) is 10.1 Å². The van der Waals surface area contributed by atoms with E-state index in [1.165, 1.54) is 0 Å². The van der Waals surface area contributed by atoms with Gasteiger partial charge in [-0.2, -0.15) is 0 Å². The number of carbonyl (C=O) groups is 3. The quantitative estimate of drug-likeness (QED) is 0.0656. The lowest BCUT2D eigenvalue weighted by Gasteiger charge is -2.34. The standard InChI is InChI=1S/C34H70N8O5/c1-29(2,20-35)18-31(5,6)23-38-26(43)12-15-34(42(46)47,17-14-28(45)40-41(11)25-33(9,10)22-37)16-13-27(44)39-24-32(7,8)19-30(3,4)21-36/h12-25,35-37H2,1-11H3,(H,38,43)(H,39,44)(H,40,45). The molecule has 276 valence electrons. The lowest BCUT2D eigenvalue weighted by atomic mass is 9.75. The van der Waals surface area contributed by atoms with E-state index in [2.05, 4.69) is 43.8 Å². The lowest BCUT2D eigenvalue weighted by molar-refractivity contribution is -0.573. The lowest BCUT2D eigenvalue weighted by Crippen LogP contribution is -2.47. The zero-order valence-corrected chi connectivity index (χ0v) is 31.6. The van der Waals surface area contributed by atoms with E-state index in [0.717, 1.165) is 12.8 Å². The van der Waals surface area contributed by atoms with Crippen LogP contribution in [0.2, 0.25) is 0 Å². The van der Waals surface area contributed by atoms with Gasteiger partial charge in [0.2, 0.25) is 23.3 Å². The fourth-order valence-electron chi connectivity index (χ4n) is 6.42. The predicted molar refractivity (Wildman–Crippen MR) is 190 cm³/mol. The van der Waals surface area contributed by atoms with Gasteiger partial charge >= 0.3 is 0 Å². The zero-order chi connectivity index (χ0) is 36.9. The van der Waals surface area contributed by atoms with Gasteiger partial charge in [-0.1, -0.05) is 69.2 Å². The van der Waals surface area contributed by atoms with Crippen LogP contribution in [0, 0.1) is 37.2 Å². The SMILES string of the molecule is CN(CC(C)(C)CN)NC(=O)CCC(CCC(=O)NCC(C)(C)CC(C)(C)CN)(CCC(=O)NCC(C)(C)CC(C)(C)CN)[N+](=O)[O-]. The Morgan fingerprint density at radius 3 is 1.28 bits per heavy atom. The second-order valence-electron chi connectivity index (χ2n) is 17.7. The highest BCUT2D eigenvalue weighted by molar-refractivity contribution is 5.77. The molecule has 13 nitrogen and oxygen atoms in total. The fraction of sp³-hybridized carbons (Fsp3) is 0.912. The highest BCUT2D eigenvalue weighted by Gasteiger charge is 2.43. The van der Waals surface area contributed by atoms with Gasteiger partial charge in [-0.15, -0.1) is 0 Å². The number of hydrogen-bond acceptors (Lipinski definition) is 9. The molecule has 0 aromatic carbocycles. The molecule has 0 bridgehead atoms. The van der Waals surface area contributed by atoms with Crippen LogP contribution in [0.5, 0.6) is 0 Å². The molecule has 0 aromatic heterocycles. The van der Waals surface area contributed by atoms with Crippen molar-refractivity contribution in [3.63, 3.8) is 0 Å². The maximum absolute atomic E-state index is 13.0. The summed E-state index contributed by atoms with van der Waals surface area (Å²) < 4.78 is 0. The van der Waals surface area contributed by atoms with Crippen molar-refractivity contribution in [2.45, 2.75) is 126 Å². The van der Waals surface area contributed by atoms with E-state index in [9.17, 15) is 24.5 Å². The predicted octanol–water partition coefficient (Wildman–Crippen LogP) is 3.33. The number of amides is 3. The summed E-state index contributed by atoms with van der Waals surface area (Å²) in [5, 5.41) is 20.2. The molecule has 0 fully saturated rings. The van der Waals surface area contributed by atoms with E-state index < -0.39 is 10.5 Å². The average Bonchev–Trinajstić information content (AvgIpc) is 2.93. The van der Waals surface area contributed by atoms with Gasteiger partial charge < -0.3 is 27.8 Å². The summed E-state index contributed by atoms with van der Waals surface area (Å²) in [4.78, 5) is 51.1. The summed E-state index contributed by atoms with van der Waals surface area (Å²) in [5.74, 6) is -0.998. The van der Waals surface area contributed by atoms with E-state index in [1.54, 1.807) is 12.1 Å².